The largest absolute Gasteiger partial charge is 0.573 e. The molecule has 1 aromatic rings. The summed E-state index contributed by atoms with van der Waals surface area (Å²) in [6.45, 7) is 0.578. The number of hydrogen-bond acceptors (Lipinski definition) is 3. The number of anilines is 1. The van der Waals surface area contributed by atoms with Gasteiger partial charge in [0, 0.05) is 6.54 Å². The van der Waals surface area contributed by atoms with Gasteiger partial charge in [0.25, 0.3) is 0 Å². The quantitative estimate of drug-likeness (QED) is 0.403. The Labute approximate surface area is 154 Å². The fraction of sp³-hybridized carbons (Fsp3) is 0.500. The van der Waals surface area contributed by atoms with Crippen LogP contribution in [0.3, 0.4) is 0 Å². The molecule has 2 rings (SSSR count). The van der Waals surface area contributed by atoms with E-state index in [1.165, 1.54) is 30.4 Å². The first kappa shape index (κ1) is 20.2. The number of benzene rings is 1. The molecule has 9 heteroatoms. The van der Waals surface area contributed by atoms with Crippen molar-refractivity contribution >= 4 is 47.4 Å². The minimum Gasteiger partial charge on any atom is -0.404 e. The molecule has 0 radical (unpaired) electrons. The van der Waals surface area contributed by atoms with Crippen LogP contribution in [-0.2, 0) is 0 Å². The highest BCUT2D eigenvalue weighted by atomic mass is 127. The number of ether oxygens (including phenoxy) is 1. The van der Waals surface area contributed by atoms with Crippen molar-refractivity contribution in [2.24, 2.45) is 16.6 Å². The van der Waals surface area contributed by atoms with Crippen molar-refractivity contribution in [2.75, 3.05) is 23.4 Å². The van der Waals surface area contributed by atoms with Crippen LogP contribution in [0.4, 0.5) is 18.9 Å². The summed E-state index contributed by atoms with van der Waals surface area (Å²) >= 11 is 1.89. The van der Waals surface area contributed by atoms with Crippen molar-refractivity contribution < 1.29 is 17.9 Å². The van der Waals surface area contributed by atoms with Gasteiger partial charge in [-0.1, -0.05) is 12.1 Å². The number of guanidine groups is 1. The fourth-order valence-corrected chi connectivity index (χ4v) is 3.28. The molecule has 1 heterocycles. The lowest BCUT2D eigenvalue weighted by molar-refractivity contribution is -0.274. The Bertz CT molecular complexity index is 522. The smallest absolute Gasteiger partial charge is 0.404 e. The molecular formula is C14H19F3IN3OS. The number of nitrogens with two attached hydrogens (primary N) is 1. The van der Waals surface area contributed by atoms with Gasteiger partial charge in [-0.25, -0.2) is 0 Å². The van der Waals surface area contributed by atoms with Gasteiger partial charge in [-0.05, 0) is 42.4 Å². The molecule has 1 saturated heterocycles. The van der Waals surface area contributed by atoms with E-state index in [9.17, 15) is 13.2 Å². The number of nitrogens with zero attached hydrogens (tertiary/aromatic N) is 1. The number of nitrogens with one attached hydrogen (secondary N) is 1. The van der Waals surface area contributed by atoms with E-state index < -0.39 is 6.36 Å². The number of thioether (sulfide) groups is 1. The number of halogens is 4. The Balaban J connectivity index is 0.00000264. The summed E-state index contributed by atoms with van der Waals surface area (Å²) in [6, 6.07) is 5.73. The standard InChI is InChI=1S/C14H18F3N3OS.HI/c15-14(16,17)21-12-6-2-1-5-11(12)20-13(18)19-8-10-4-3-7-22-9-10;/h1-2,5-6,10H,3-4,7-9H2,(H3,18,19,20);1H. The molecule has 0 aliphatic carbocycles. The van der Waals surface area contributed by atoms with Crippen LogP contribution >= 0.6 is 35.7 Å². The fourth-order valence-electron chi connectivity index (χ4n) is 2.14. The summed E-state index contributed by atoms with van der Waals surface area (Å²) in [7, 11) is 0. The zero-order valence-electron chi connectivity index (χ0n) is 12.3. The maximum atomic E-state index is 12.3. The van der Waals surface area contributed by atoms with Gasteiger partial charge in [-0.3, -0.25) is 4.99 Å². The van der Waals surface area contributed by atoms with Gasteiger partial charge in [0.2, 0.25) is 0 Å². The summed E-state index contributed by atoms with van der Waals surface area (Å²) in [4.78, 5) is 4.21. The zero-order chi connectivity index (χ0) is 16.0. The van der Waals surface area contributed by atoms with Crippen molar-refractivity contribution in [1.82, 2.24) is 0 Å². The maximum Gasteiger partial charge on any atom is 0.573 e. The lowest BCUT2D eigenvalue weighted by atomic mass is 10.1. The Morgan fingerprint density at radius 1 is 1.39 bits per heavy atom. The SMILES string of the molecule is I.NC(=NCC1CCCSC1)Nc1ccccc1OC(F)(F)F. The van der Waals surface area contributed by atoms with Crippen molar-refractivity contribution in [2.45, 2.75) is 19.2 Å². The van der Waals surface area contributed by atoms with Gasteiger partial charge in [0.15, 0.2) is 11.7 Å². The predicted octanol–water partition coefficient (Wildman–Crippen LogP) is 4.07. The van der Waals surface area contributed by atoms with Crippen molar-refractivity contribution in [3.05, 3.63) is 24.3 Å². The number of aliphatic imine (C=N–C) groups is 1. The molecule has 1 aliphatic rings. The second kappa shape index (κ2) is 9.45. The van der Waals surface area contributed by atoms with Gasteiger partial charge in [0.1, 0.15) is 0 Å². The molecule has 0 amide bonds. The second-order valence-corrected chi connectivity index (χ2v) is 6.13. The summed E-state index contributed by atoms with van der Waals surface area (Å²) < 4.78 is 41.0. The lowest BCUT2D eigenvalue weighted by Crippen LogP contribution is -2.26. The molecule has 1 aromatic carbocycles. The monoisotopic (exact) mass is 461 g/mol. The Hall–Kier alpha value is -0.840. The van der Waals surface area contributed by atoms with Crippen LogP contribution in [-0.4, -0.2) is 30.4 Å². The van der Waals surface area contributed by atoms with Crippen LogP contribution in [0.15, 0.2) is 29.3 Å². The van der Waals surface area contributed by atoms with Crippen LogP contribution in [0.1, 0.15) is 12.8 Å². The molecule has 0 bridgehead atoms. The van der Waals surface area contributed by atoms with Crippen LogP contribution in [0.5, 0.6) is 5.75 Å². The Morgan fingerprint density at radius 2 is 2.13 bits per heavy atom. The van der Waals surface area contributed by atoms with Crippen LogP contribution in [0.2, 0.25) is 0 Å². The lowest BCUT2D eigenvalue weighted by Gasteiger charge is -2.19. The first-order valence-electron chi connectivity index (χ1n) is 6.93. The Morgan fingerprint density at radius 3 is 2.78 bits per heavy atom. The number of para-hydroxylation sites is 2. The molecule has 1 atom stereocenters. The average molecular weight is 461 g/mol. The highest BCUT2D eigenvalue weighted by molar-refractivity contribution is 14.0. The molecule has 0 spiro atoms. The number of alkyl halides is 3. The van der Waals surface area contributed by atoms with Gasteiger partial charge >= 0.3 is 6.36 Å². The third kappa shape index (κ3) is 7.51. The normalized spacial score (nSPS) is 18.9. The summed E-state index contributed by atoms with van der Waals surface area (Å²) in [5.41, 5.74) is 5.89. The third-order valence-electron chi connectivity index (χ3n) is 3.15. The van der Waals surface area contributed by atoms with E-state index in [-0.39, 0.29) is 41.4 Å². The minimum atomic E-state index is -4.75. The summed E-state index contributed by atoms with van der Waals surface area (Å²) in [5, 5.41) is 2.67. The highest BCUT2D eigenvalue weighted by Gasteiger charge is 2.32. The molecule has 0 aromatic heterocycles. The van der Waals surface area contributed by atoms with Crippen molar-refractivity contribution in [3.63, 3.8) is 0 Å². The first-order chi connectivity index (χ1) is 10.4. The van der Waals surface area contributed by atoms with E-state index in [4.69, 9.17) is 5.73 Å². The van der Waals surface area contributed by atoms with E-state index >= 15 is 0 Å². The highest BCUT2D eigenvalue weighted by Crippen LogP contribution is 2.29. The van der Waals surface area contributed by atoms with E-state index in [0.717, 1.165) is 12.2 Å². The molecule has 0 saturated carbocycles. The number of hydrogen-bond donors (Lipinski definition) is 2. The van der Waals surface area contributed by atoms with Gasteiger partial charge in [-0.2, -0.15) is 11.8 Å². The summed E-state index contributed by atoms with van der Waals surface area (Å²) in [6.07, 6.45) is -2.47. The topological polar surface area (TPSA) is 59.6 Å². The second-order valence-electron chi connectivity index (χ2n) is 4.98. The van der Waals surface area contributed by atoms with Gasteiger partial charge in [-0.15, -0.1) is 37.1 Å². The van der Waals surface area contributed by atoms with Crippen molar-refractivity contribution in [3.8, 4) is 5.75 Å². The van der Waals surface area contributed by atoms with Gasteiger partial charge < -0.3 is 15.8 Å². The average Bonchev–Trinajstić information content (AvgIpc) is 2.47. The molecule has 4 nitrogen and oxygen atoms in total. The van der Waals surface area contributed by atoms with E-state index in [1.54, 1.807) is 6.07 Å². The molecule has 1 unspecified atom stereocenters. The maximum absolute atomic E-state index is 12.3. The van der Waals surface area contributed by atoms with Crippen LogP contribution < -0.4 is 15.8 Å². The van der Waals surface area contributed by atoms with Crippen LogP contribution in [0, 0.1) is 5.92 Å². The van der Waals surface area contributed by atoms with E-state index in [2.05, 4.69) is 15.0 Å². The predicted molar refractivity (Wildman–Crippen MR) is 98.7 cm³/mol. The molecule has 130 valence electrons. The molecule has 3 N–H and O–H groups in total. The van der Waals surface area contributed by atoms with E-state index in [0.29, 0.717) is 12.5 Å². The molecular weight excluding hydrogens is 442 g/mol. The number of rotatable bonds is 4. The first-order valence-corrected chi connectivity index (χ1v) is 8.09. The van der Waals surface area contributed by atoms with Crippen LogP contribution in [0.25, 0.3) is 0 Å². The zero-order valence-corrected chi connectivity index (χ0v) is 15.5. The minimum absolute atomic E-state index is 0. The molecule has 1 aliphatic heterocycles. The van der Waals surface area contributed by atoms with E-state index in [1.807, 2.05) is 11.8 Å². The molecule has 23 heavy (non-hydrogen) atoms. The van der Waals surface area contributed by atoms with Gasteiger partial charge in [0.05, 0.1) is 5.69 Å². The van der Waals surface area contributed by atoms with Crippen molar-refractivity contribution in [1.29, 1.82) is 0 Å². The summed E-state index contributed by atoms with van der Waals surface area (Å²) in [5.74, 6) is 2.46. The Kier molecular flexibility index (Phi) is 8.31. The third-order valence-corrected chi connectivity index (χ3v) is 4.43. The molecule has 1 fully saturated rings.